The molecule has 0 aromatic carbocycles. The molecule has 8 rings (SSSR count). The molecular formula is C38H54N8O2S. The molecule has 0 saturated heterocycles. The predicted octanol–water partition coefficient (Wildman–Crippen LogP) is 7.00. The highest BCUT2D eigenvalue weighted by atomic mass is 32.1. The van der Waals surface area contributed by atoms with Gasteiger partial charge in [0.2, 0.25) is 0 Å². The van der Waals surface area contributed by atoms with E-state index in [9.17, 15) is 9.59 Å². The van der Waals surface area contributed by atoms with E-state index in [0.29, 0.717) is 30.3 Å². The number of thiocarbonyl (C=S) groups is 1. The second-order valence-electron chi connectivity index (χ2n) is 13.6. The van der Waals surface area contributed by atoms with Crippen LogP contribution in [0.15, 0.2) is 76.8 Å². The van der Waals surface area contributed by atoms with Gasteiger partial charge < -0.3 is 22.9 Å². The minimum Gasteiger partial charge on any atom is -0.383 e. The number of aliphatic imine (C=N–C) groups is 4. The Labute approximate surface area is 296 Å². The van der Waals surface area contributed by atoms with Crippen LogP contribution in [-0.4, -0.2) is 40.1 Å². The van der Waals surface area contributed by atoms with Crippen molar-refractivity contribution in [2.75, 3.05) is 0 Å². The number of hydrogen-bond donors (Lipinski definition) is 4. The van der Waals surface area contributed by atoms with E-state index in [0.717, 1.165) is 85.5 Å². The summed E-state index contributed by atoms with van der Waals surface area (Å²) >= 11 is 5.05. The summed E-state index contributed by atoms with van der Waals surface area (Å²) in [5, 5.41) is 0. The summed E-state index contributed by atoms with van der Waals surface area (Å²) in [6.07, 6.45) is 21.4. The summed E-state index contributed by atoms with van der Waals surface area (Å²) in [6, 6.07) is 0. The predicted molar refractivity (Wildman–Crippen MR) is 205 cm³/mol. The SMILES string of the molecule is C.C=C1CC2=C(CCCC2)C(N)=N1.NC1=NC(=O)CC2=C1CCC2.NC1=NC(=O)CC2=C1CCCCC2.NC1=NC(=S)CC2=C1CCCC2. The molecule has 8 aliphatic rings. The summed E-state index contributed by atoms with van der Waals surface area (Å²) in [4.78, 5) is 38.7. The van der Waals surface area contributed by atoms with Crippen molar-refractivity contribution in [3.05, 3.63) is 56.9 Å². The Morgan fingerprint density at radius 2 is 0.796 bits per heavy atom. The quantitative estimate of drug-likeness (QED) is 0.197. The van der Waals surface area contributed by atoms with Crippen LogP contribution in [0, 0.1) is 0 Å². The van der Waals surface area contributed by atoms with Gasteiger partial charge in [0.05, 0.1) is 12.8 Å². The van der Waals surface area contributed by atoms with E-state index < -0.39 is 0 Å². The van der Waals surface area contributed by atoms with Gasteiger partial charge in [-0.05, 0) is 119 Å². The second-order valence-corrected chi connectivity index (χ2v) is 14.1. The number of amidine groups is 4. The maximum absolute atomic E-state index is 11.1. The van der Waals surface area contributed by atoms with Crippen molar-refractivity contribution in [3.63, 3.8) is 0 Å². The van der Waals surface area contributed by atoms with Gasteiger partial charge in [0.15, 0.2) is 0 Å². The van der Waals surface area contributed by atoms with Crippen molar-refractivity contribution >= 4 is 52.4 Å². The number of carbonyl (C=O) groups is 2. The summed E-state index contributed by atoms with van der Waals surface area (Å²) in [5.74, 6) is 2.20. The topological polar surface area (TPSA) is 188 Å². The van der Waals surface area contributed by atoms with Gasteiger partial charge in [-0.2, -0.15) is 9.98 Å². The van der Waals surface area contributed by atoms with Gasteiger partial charge in [0.1, 0.15) is 28.3 Å². The van der Waals surface area contributed by atoms with E-state index in [-0.39, 0.29) is 19.2 Å². The average Bonchev–Trinajstić information content (AvgIpc) is 3.39. The molecule has 0 unspecified atom stereocenters. The number of hydrogen-bond acceptors (Lipinski definition) is 8. The van der Waals surface area contributed by atoms with Crippen molar-refractivity contribution in [2.45, 2.75) is 136 Å². The molecule has 49 heavy (non-hydrogen) atoms. The fourth-order valence-electron chi connectivity index (χ4n) is 7.70. The van der Waals surface area contributed by atoms with Crippen LogP contribution in [-0.2, 0) is 9.59 Å². The highest BCUT2D eigenvalue weighted by Gasteiger charge is 2.24. The highest BCUT2D eigenvalue weighted by molar-refractivity contribution is 7.80. The molecule has 0 aromatic heterocycles. The van der Waals surface area contributed by atoms with Crippen LogP contribution >= 0.6 is 12.2 Å². The molecule has 0 saturated carbocycles. The first kappa shape index (κ1) is 37.8. The minimum atomic E-state index is -0.0804. The smallest absolute Gasteiger partial charge is 0.251 e. The monoisotopic (exact) mass is 686 g/mol. The fraction of sp³-hybridized carbons (Fsp3) is 0.553. The number of nitrogens with two attached hydrogens (primary N) is 4. The third-order valence-electron chi connectivity index (χ3n) is 10.1. The number of allylic oxidation sites excluding steroid dienone is 1. The summed E-state index contributed by atoms with van der Waals surface area (Å²) in [5.41, 5.74) is 34.1. The lowest BCUT2D eigenvalue weighted by Crippen LogP contribution is -2.24. The van der Waals surface area contributed by atoms with Crippen molar-refractivity contribution in [1.29, 1.82) is 0 Å². The lowest BCUT2D eigenvalue weighted by molar-refractivity contribution is -0.118. The van der Waals surface area contributed by atoms with Gasteiger partial charge in [0, 0.05) is 18.5 Å². The number of dihydropyridines is 4. The van der Waals surface area contributed by atoms with Crippen molar-refractivity contribution in [1.82, 2.24) is 0 Å². The maximum Gasteiger partial charge on any atom is 0.251 e. The molecule has 10 nitrogen and oxygen atoms in total. The van der Waals surface area contributed by atoms with Crippen LogP contribution in [0.3, 0.4) is 0 Å². The van der Waals surface area contributed by atoms with Crippen LogP contribution in [0.2, 0.25) is 0 Å². The molecule has 0 spiro atoms. The Bertz CT molecular complexity index is 1580. The Morgan fingerprint density at radius 3 is 1.33 bits per heavy atom. The third kappa shape index (κ3) is 10.0. The fourth-order valence-corrected chi connectivity index (χ4v) is 7.97. The van der Waals surface area contributed by atoms with Gasteiger partial charge in [-0.3, -0.25) is 9.59 Å². The van der Waals surface area contributed by atoms with Crippen molar-refractivity contribution in [3.8, 4) is 0 Å². The number of carbonyl (C=O) groups excluding carboxylic acids is 2. The van der Waals surface area contributed by atoms with E-state index in [2.05, 4.69) is 26.5 Å². The van der Waals surface area contributed by atoms with Crippen molar-refractivity contribution < 1.29 is 9.59 Å². The highest BCUT2D eigenvalue weighted by Crippen LogP contribution is 2.33. The molecule has 11 heteroatoms. The first-order valence-corrected chi connectivity index (χ1v) is 18.0. The van der Waals surface area contributed by atoms with Crippen molar-refractivity contribution in [2.24, 2.45) is 42.9 Å². The second kappa shape index (κ2) is 17.6. The average molecular weight is 687 g/mol. The van der Waals surface area contributed by atoms with E-state index >= 15 is 0 Å². The summed E-state index contributed by atoms with van der Waals surface area (Å²) in [6.45, 7) is 3.85. The van der Waals surface area contributed by atoms with E-state index in [1.54, 1.807) is 0 Å². The molecule has 8 N–H and O–H groups in total. The maximum atomic E-state index is 11.1. The van der Waals surface area contributed by atoms with Gasteiger partial charge in [-0.15, -0.1) is 0 Å². The third-order valence-corrected chi connectivity index (χ3v) is 10.3. The number of nitrogens with zero attached hydrogens (tertiary/aromatic N) is 4. The summed E-state index contributed by atoms with van der Waals surface area (Å²) in [7, 11) is 0. The van der Waals surface area contributed by atoms with Gasteiger partial charge in [-0.25, -0.2) is 9.98 Å². The normalized spacial score (nSPS) is 23.2. The number of amides is 2. The molecule has 4 aliphatic heterocycles. The molecule has 2 amide bonds. The lowest BCUT2D eigenvalue weighted by atomic mass is 9.87. The standard InChI is InChI=1S/C10H14N2O.C10H14N2.C9H12N2S.C8H10N2O.CH4/c11-10-8-5-3-1-2-4-7(8)6-9(13)12-10;1-7-6-8-4-2-3-5-9(8)10(11)12-7;10-9-7-4-2-1-3-6(7)5-8(12)11-9;9-8-6-3-1-2-5(6)4-7(11)10-8;/h1-6H2,(H2,11,12,13);1-6H2,(H2,11,12);1-5H2,(H2,10,11,12);1-4H2,(H2,9,10,11);1H4. The molecule has 0 bridgehead atoms. The zero-order valence-corrected chi connectivity index (χ0v) is 29.0. The summed E-state index contributed by atoms with van der Waals surface area (Å²) < 4.78 is 0. The van der Waals surface area contributed by atoms with Gasteiger partial charge in [-0.1, -0.05) is 54.9 Å². The molecular weight excluding hydrogens is 633 g/mol. The number of rotatable bonds is 0. The van der Waals surface area contributed by atoms with Crippen LogP contribution < -0.4 is 22.9 Å². The first-order chi connectivity index (χ1) is 23.1. The molecule has 0 radical (unpaired) electrons. The Kier molecular flexibility index (Phi) is 13.6. The van der Waals surface area contributed by atoms with E-state index in [1.807, 2.05) is 0 Å². The zero-order valence-electron chi connectivity index (χ0n) is 28.2. The molecule has 0 aromatic rings. The molecule has 264 valence electrons. The van der Waals surface area contributed by atoms with Crippen LogP contribution in [0.1, 0.15) is 136 Å². The van der Waals surface area contributed by atoms with Crippen LogP contribution in [0.5, 0.6) is 0 Å². The largest absolute Gasteiger partial charge is 0.383 e. The van der Waals surface area contributed by atoms with Crippen LogP contribution in [0.25, 0.3) is 0 Å². The van der Waals surface area contributed by atoms with E-state index in [4.69, 9.17) is 35.2 Å². The molecule has 0 atom stereocenters. The van der Waals surface area contributed by atoms with E-state index in [1.165, 1.54) is 91.2 Å². The molecule has 4 aliphatic carbocycles. The zero-order chi connectivity index (χ0) is 34.2. The minimum absolute atomic E-state index is 0. The Hall–Kier alpha value is -3.99. The first-order valence-electron chi connectivity index (χ1n) is 17.6. The van der Waals surface area contributed by atoms with Gasteiger partial charge in [0.25, 0.3) is 11.8 Å². The molecule has 0 fully saturated rings. The van der Waals surface area contributed by atoms with Crippen LogP contribution in [0.4, 0.5) is 0 Å². The Morgan fingerprint density at radius 1 is 0.449 bits per heavy atom. The molecule has 4 heterocycles. The Balaban J connectivity index is 0.000000146. The van der Waals surface area contributed by atoms with Gasteiger partial charge >= 0.3 is 0 Å². The lowest BCUT2D eigenvalue weighted by Gasteiger charge is -2.23.